The predicted octanol–water partition coefficient (Wildman–Crippen LogP) is 2.03. The third kappa shape index (κ3) is 2.01. The Bertz CT molecular complexity index is 501. The van der Waals surface area contributed by atoms with Crippen molar-refractivity contribution in [2.45, 2.75) is 0 Å². The van der Waals surface area contributed by atoms with Gasteiger partial charge in [-0.25, -0.2) is 4.68 Å². The van der Waals surface area contributed by atoms with Crippen LogP contribution in [0.1, 0.15) is 15.5 Å². The Morgan fingerprint density at radius 3 is 2.73 bits per heavy atom. The van der Waals surface area contributed by atoms with E-state index in [0.29, 0.717) is 4.88 Å². The molecule has 0 aromatic carbocycles. The van der Waals surface area contributed by atoms with Crippen LogP contribution in [0.15, 0.2) is 14.3 Å². The summed E-state index contributed by atoms with van der Waals surface area (Å²) < 4.78 is 3.08. The van der Waals surface area contributed by atoms with Crippen LogP contribution in [-0.4, -0.2) is 26.0 Å². The van der Waals surface area contributed by atoms with Crippen molar-refractivity contribution in [3.63, 3.8) is 0 Å². The highest BCUT2D eigenvalue weighted by molar-refractivity contribution is 9.13. The number of nitrogens with zero attached hydrogens (tertiary/aromatic N) is 4. The number of carbonyl (C=O) groups excluding carboxylic acids is 1. The van der Waals surface area contributed by atoms with Gasteiger partial charge >= 0.3 is 0 Å². The molecule has 8 heteroatoms. The van der Waals surface area contributed by atoms with Crippen LogP contribution in [0.2, 0.25) is 0 Å². The number of thiophene rings is 1. The van der Waals surface area contributed by atoms with Crippen LogP contribution in [0.5, 0.6) is 0 Å². The molecule has 5 nitrogen and oxygen atoms in total. The number of hydrogen-bond acceptors (Lipinski definition) is 5. The molecule has 78 valence electrons. The van der Waals surface area contributed by atoms with Gasteiger partial charge in [0.15, 0.2) is 0 Å². The van der Waals surface area contributed by atoms with E-state index in [0.717, 1.165) is 8.26 Å². The van der Waals surface area contributed by atoms with E-state index in [1.165, 1.54) is 16.0 Å². The molecule has 15 heavy (non-hydrogen) atoms. The first-order valence-electron chi connectivity index (χ1n) is 3.81. The van der Waals surface area contributed by atoms with Crippen molar-refractivity contribution in [1.82, 2.24) is 20.2 Å². The maximum Gasteiger partial charge on any atom is 0.241 e. The summed E-state index contributed by atoms with van der Waals surface area (Å²) in [6.07, 6.45) is 0. The van der Waals surface area contributed by atoms with Crippen molar-refractivity contribution < 1.29 is 4.79 Å². The molecule has 0 unspecified atom stereocenters. The zero-order valence-electron chi connectivity index (χ0n) is 7.44. The Balaban J connectivity index is 2.41. The number of carbonyl (C=O) groups is 1. The van der Waals surface area contributed by atoms with Gasteiger partial charge in [-0.3, -0.25) is 4.79 Å². The second kappa shape index (κ2) is 4.11. The normalized spacial score (nSPS) is 10.6. The Labute approximate surface area is 106 Å². The molecule has 2 aromatic rings. The van der Waals surface area contributed by atoms with E-state index in [-0.39, 0.29) is 11.6 Å². The van der Waals surface area contributed by atoms with Gasteiger partial charge in [0.2, 0.25) is 11.6 Å². The molecule has 0 aliphatic carbocycles. The van der Waals surface area contributed by atoms with Gasteiger partial charge in [0.1, 0.15) is 0 Å². The molecular weight excluding hydrogens is 348 g/mol. The van der Waals surface area contributed by atoms with Gasteiger partial charge in [-0.2, -0.15) is 0 Å². The summed E-state index contributed by atoms with van der Waals surface area (Å²) in [7, 11) is 1.63. The first-order chi connectivity index (χ1) is 7.09. The van der Waals surface area contributed by atoms with Gasteiger partial charge in [-0.15, -0.1) is 16.4 Å². The van der Waals surface area contributed by atoms with Crippen molar-refractivity contribution in [1.29, 1.82) is 0 Å². The average molecular weight is 352 g/mol. The lowest BCUT2D eigenvalue weighted by Gasteiger charge is -1.93. The lowest BCUT2D eigenvalue weighted by Crippen LogP contribution is -2.08. The van der Waals surface area contributed by atoms with Gasteiger partial charge in [0.25, 0.3) is 0 Å². The Kier molecular flexibility index (Phi) is 2.98. The molecule has 2 heterocycles. The first-order valence-corrected chi connectivity index (χ1v) is 6.21. The zero-order valence-corrected chi connectivity index (χ0v) is 11.4. The molecule has 0 atom stereocenters. The second-order valence-corrected chi connectivity index (χ2v) is 5.91. The summed E-state index contributed by atoms with van der Waals surface area (Å²) in [6, 6.07) is 1.74. The van der Waals surface area contributed by atoms with Crippen molar-refractivity contribution in [3.05, 3.63) is 25.0 Å². The van der Waals surface area contributed by atoms with Gasteiger partial charge in [-0.1, -0.05) is 0 Å². The molecule has 0 saturated carbocycles. The Hall–Kier alpha value is -0.600. The topological polar surface area (TPSA) is 60.7 Å². The van der Waals surface area contributed by atoms with E-state index in [1.807, 2.05) is 0 Å². The van der Waals surface area contributed by atoms with Gasteiger partial charge in [0.05, 0.1) is 8.66 Å². The zero-order chi connectivity index (χ0) is 11.0. The number of tetrazole rings is 1. The van der Waals surface area contributed by atoms with E-state index in [4.69, 9.17) is 0 Å². The highest BCUT2D eigenvalue weighted by Gasteiger charge is 2.18. The summed E-state index contributed by atoms with van der Waals surface area (Å²) in [6.45, 7) is 0. The number of rotatable bonds is 2. The Morgan fingerprint density at radius 1 is 1.53 bits per heavy atom. The molecule has 0 N–H and O–H groups in total. The number of halogens is 2. The molecule has 0 bridgehead atoms. The van der Waals surface area contributed by atoms with Gasteiger partial charge in [-0.05, 0) is 48.4 Å². The highest BCUT2D eigenvalue weighted by Crippen LogP contribution is 2.33. The molecule has 0 aliphatic rings. The van der Waals surface area contributed by atoms with E-state index >= 15 is 0 Å². The monoisotopic (exact) mass is 350 g/mol. The highest BCUT2D eigenvalue weighted by atomic mass is 79.9. The molecule has 0 aliphatic heterocycles. The smallest absolute Gasteiger partial charge is 0.241 e. The van der Waals surface area contributed by atoms with Crippen LogP contribution in [0, 0.1) is 0 Å². The molecule has 0 spiro atoms. The molecule has 0 saturated heterocycles. The minimum absolute atomic E-state index is 0.182. The van der Waals surface area contributed by atoms with Crippen LogP contribution >= 0.6 is 43.2 Å². The van der Waals surface area contributed by atoms with E-state index in [1.54, 1.807) is 13.1 Å². The minimum Gasteiger partial charge on any atom is -0.284 e. The van der Waals surface area contributed by atoms with Crippen molar-refractivity contribution in [3.8, 4) is 0 Å². The largest absolute Gasteiger partial charge is 0.284 e. The van der Waals surface area contributed by atoms with E-state index in [2.05, 4.69) is 47.4 Å². The predicted molar refractivity (Wildman–Crippen MR) is 61.9 cm³/mol. The molecular formula is C7H4Br2N4OS. The van der Waals surface area contributed by atoms with Crippen LogP contribution in [-0.2, 0) is 7.05 Å². The summed E-state index contributed by atoms with van der Waals surface area (Å²) in [5.74, 6) is 0.0511. The molecule has 0 amide bonds. The van der Waals surface area contributed by atoms with Crippen LogP contribution in [0.25, 0.3) is 0 Å². The van der Waals surface area contributed by atoms with E-state index < -0.39 is 0 Å². The van der Waals surface area contributed by atoms with Crippen molar-refractivity contribution in [2.75, 3.05) is 0 Å². The minimum atomic E-state index is -0.182. The fourth-order valence-corrected chi connectivity index (χ4v) is 2.96. The maximum absolute atomic E-state index is 11.9. The maximum atomic E-state index is 11.9. The van der Waals surface area contributed by atoms with Crippen LogP contribution in [0.4, 0.5) is 0 Å². The lowest BCUT2D eigenvalue weighted by atomic mass is 10.3. The van der Waals surface area contributed by atoms with Crippen LogP contribution in [0.3, 0.4) is 0 Å². The fraction of sp³-hybridized carbons (Fsp3) is 0.143. The Morgan fingerprint density at radius 2 is 2.27 bits per heavy atom. The fourth-order valence-electron chi connectivity index (χ4n) is 0.990. The number of aromatic nitrogens is 4. The molecule has 0 fully saturated rings. The number of aryl methyl sites for hydroxylation is 1. The third-order valence-electron chi connectivity index (χ3n) is 1.69. The second-order valence-electron chi connectivity index (χ2n) is 2.69. The SMILES string of the molecule is Cn1nnnc1C(=O)c1cc(Br)c(Br)s1. The summed E-state index contributed by atoms with van der Waals surface area (Å²) in [5, 5.41) is 10.7. The quantitative estimate of drug-likeness (QED) is 0.777. The standard InChI is InChI=1S/C7H4Br2N4OS/c1-13-7(10-11-12-13)5(14)4-2-3(8)6(9)15-4/h2H,1H3. The van der Waals surface area contributed by atoms with Gasteiger partial charge < -0.3 is 0 Å². The van der Waals surface area contributed by atoms with E-state index in [9.17, 15) is 4.79 Å². The lowest BCUT2D eigenvalue weighted by molar-refractivity contribution is 0.102. The van der Waals surface area contributed by atoms with Crippen molar-refractivity contribution in [2.24, 2.45) is 7.05 Å². The summed E-state index contributed by atoms with van der Waals surface area (Å²) >= 11 is 7.99. The summed E-state index contributed by atoms with van der Waals surface area (Å²) in [5.41, 5.74) is 0. The molecule has 2 rings (SSSR count). The number of ketones is 1. The van der Waals surface area contributed by atoms with Crippen molar-refractivity contribution >= 4 is 49.0 Å². The molecule has 2 aromatic heterocycles. The number of hydrogen-bond donors (Lipinski definition) is 0. The van der Waals surface area contributed by atoms with Gasteiger partial charge in [0, 0.05) is 11.5 Å². The summed E-state index contributed by atoms with van der Waals surface area (Å²) in [4.78, 5) is 12.5. The average Bonchev–Trinajstić information content (AvgIpc) is 2.74. The van der Waals surface area contributed by atoms with Crippen LogP contribution < -0.4 is 0 Å². The first kappa shape index (κ1) is 10.9. The third-order valence-corrected chi connectivity index (χ3v) is 4.95. The molecule has 0 radical (unpaired) electrons.